The molecular weight excluding hydrogens is 661 g/mol. The molecule has 9 aromatic rings. The van der Waals surface area contributed by atoms with E-state index in [4.69, 9.17) is 13.0 Å². The van der Waals surface area contributed by atoms with E-state index in [1.807, 2.05) is 72.8 Å². The van der Waals surface area contributed by atoms with Crippen LogP contribution in [0.1, 0.15) is 13.8 Å². The van der Waals surface area contributed by atoms with Crippen molar-refractivity contribution in [1.82, 2.24) is 9.55 Å². The van der Waals surface area contributed by atoms with Crippen molar-refractivity contribution in [3.8, 4) is 39.6 Å². The van der Waals surface area contributed by atoms with Gasteiger partial charge in [0, 0.05) is 50.0 Å². The van der Waals surface area contributed by atoms with Crippen molar-refractivity contribution < 1.29 is 13.0 Å². The Bertz CT molecular complexity index is 3040. The van der Waals surface area contributed by atoms with E-state index < -0.39 is 30.7 Å². The number of benzene rings is 7. The summed E-state index contributed by atoms with van der Waals surface area (Å²) < 4.78 is 58.2. The zero-order chi connectivity index (χ0) is 41.1. The number of nitrogens with zero attached hydrogens (tertiary/aromatic N) is 4. The summed E-state index contributed by atoms with van der Waals surface area (Å²) in [7, 11) is 0. The van der Waals surface area contributed by atoms with E-state index in [9.17, 15) is 0 Å². The van der Waals surface area contributed by atoms with Gasteiger partial charge in [-0.25, -0.2) is 4.98 Å². The third-order valence-electron chi connectivity index (χ3n) is 10.0. The molecule has 1 aliphatic heterocycles. The average molecular weight is 703 g/mol. The molecule has 258 valence electrons. The molecule has 0 unspecified atom stereocenters. The second-order valence-electron chi connectivity index (χ2n) is 13.2. The summed E-state index contributed by atoms with van der Waals surface area (Å²) in [6, 6.07) is 56.2. The molecule has 0 saturated heterocycles. The Morgan fingerprint density at radius 1 is 0.593 bits per heavy atom. The predicted octanol–water partition coefficient (Wildman–Crippen LogP) is 12.9. The summed E-state index contributed by atoms with van der Waals surface area (Å²) in [5, 5.41) is 1.70. The average Bonchev–Trinajstić information content (AvgIpc) is 3.81. The lowest BCUT2D eigenvalue weighted by Gasteiger charge is -2.27. The number of anilines is 4. The highest BCUT2D eigenvalue weighted by molar-refractivity contribution is 6.09. The first-order valence-electron chi connectivity index (χ1n) is 20.8. The van der Waals surface area contributed by atoms with Crippen LogP contribution in [0.5, 0.6) is 11.5 Å². The lowest BCUT2D eigenvalue weighted by atomic mass is 9.95. The second-order valence-corrected chi connectivity index (χ2v) is 13.2. The summed E-state index contributed by atoms with van der Waals surface area (Å²) in [5.41, 5.74) is 9.54. The number of pyridine rings is 1. The maximum atomic E-state index is 8.95. The quantitative estimate of drug-likeness (QED) is 0.166. The van der Waals surface area contributed by atoms with Crippen LogP contribution in [0.25, 0.3) is 49.9 Å². The Balaban J connectivity index is 1.05. The molecule has 0 amide bonds. The number of ether oxygens (including phenoxy) is 1. The van der Waals surface area contributed by atoms with Crippen LogP contribution in [-0.2, 0) is 0 Å². The first-order chi connectivity index (χ1) is 29.2. The topological polar surface area (TPSA) is 33.5 Å². The summed E-state index contributed by atoms with van der Waals surface area (Å²) >= 11 is 0. The van der Waals surface area contributed by atoms with E-state index in [1.165, 1.54) is 0 Å². The van der Waals surface area contributed by atoms with Crippen LogP contribution in [0.2, 0.25) is 0 Å². The zero-order valence-electron chi connectivity index (χ0n) is 35.1. The van der Waals surface area contributed by atoms with Crippen LogP contribution in [-0.4, -0.2) is 16.2 Å². The van der Waals surface area contributed by atoms with Crippen molar-refractivity contribution >= 4 is 44.6 Å². The molecule has 10 rings (SSSR count). The Labute approximate surface area is 323 Å². The molecule has 0 spiro atoms. The molecule has 3 heterocycles. The highest BCUT2D eigenvalue weighted by Crippen LogP contribution is 2.50. The Hall–Kier alpha value is -7.11. The summed E-state index contributed by atoms with van der Waals surface area (Å²) in [6.45, 7) is -2.23. The monoisotopic (exact) mass is 702 g/mol. The maximum Gasteiger partial charge on any atom is 0.137 e. The van der Waals surface area contributed by atoms with Gasteiger partial charge in [-0.05, 0) is 78.1 Å². The molecule has 0 fully saturated rings. The van der Waals surface area contributed by atoms with Gasteiger partial charge in [0.25, 0.3) is 0 Å². The molecule has 0 bridgehead atoms. The van der Waals surface area contributed by atoms with Gasteiger partial charge in [-0.1, -0.05) is 115 Å². The fraction of sp³-hybridized carbons (Fsp3) is 0.0408. The van der Waals surface area contributed by atoms with Crippen LogP contribution >= 0.6 is 0 Å². The standard InChI is InChI=1S/C49H36N4O/c1-34-28-29-50-48(30-34)53-44-23-9-8-20-42(44)43-27-26-39(32-47(43)53)54-38-19-12-18-37(31-38)51-33-52(46-25-11-10-24-45(46)51)49-40(35-14-4-2-5-15-35)21-13-22-41(49)36-16-6-3-7-17-36/h2-32H,33H2,1H3/i1D3,28D,29D,30D. The smallest absolute Gasteiger partial charge is 0.137 e. The third-order valence-corrected chi connectivity index (χ3v) is 10.0. The van der Waals surface area contributed by atoms with Gasteiger partial charge >= 0.3 is 0 Å². The van der Waals surface area contributed by atoms with Crippen molar-refractivity contribution in [2.24, 2.45) is 0 Å². The number of para-hydroxylation sites is 4. The zero-order valence-corrected chi connectivity index (χ0v) is 29.1. The highest BCUT2D eigenvalue weighted by atomic mass is 16.5. The lowest BCUT2D eigenvalue weighted by Crippen LogP contribution is -2.24. The fourth-order valence-corrected chi connectivity index (χ4v) is 7.67. The molecular formula is C49H36N4O. The number of hydrogen-bond donors (Lipinski definition) is 0. The Morgan fingerprint density at radius 3 is 2.00 bits per heavy atom. The van der Waals surface area contributed by atoms with Gasteiger partial charge in [-0.2, -0.15) is 0 Å². The number of hydrogen-bond acceptors (Lipinski definition) is 4. The van der Waals surface area contributed by atoms with Gasteiger partial charge < -0.3 is 14.5 Å². The van der Waals surface area contributed by atoms with E-state index in [2.05, 4.69) is 112 Å². The minimum Gasteiger partial charge on any atom is -0.457 e. The van der Waals surface area contributed by atoms with Crippen LogP contribution in [0.3, 0.4) is 0 Å². The van der Waals surface area contributed by atoms with E-state index in [-0.39, 0.29) is 5.82 Å². The number of aromatic nitrogens is 2. The predicted molar refractivity (Wildman–Crippen MR) is 223 cm³/mol. The van der Waals surface area contributed by atoms with Crippen molar-refractivity contribution in [3.63, 3.8) is 0 Å². The van der Waals surface area contributed by atoms with Crippen molar-refractivity contribution in [3.05, 3.63) is 194 Å². The largest absolute Gasteiger partial charge is 0.457 e. The minimum absolute atomic E-state index is 0.0333. The molecule has 7 aromatic carbocycles. The van der Waals surface area contributed by atoms with E-state index in [0.29, 0.717) is 29.2 Å². The van der Waals surface area contributed by atoms with Crippen molar-refractivity contribution in [2.45, 2.75) is 6.85 Å². The van der Waals surface area contributed by atoms with E-state index in [1.54, 1.807) is 4.57 Å². The molecule has 0 N–H and O–H groups in total. The van der Waals surface area contributed by atoms with Crippen molar-refractivity contribution in [2.75, 3.05) is 16.5 Å². The second kappa shape index (κ2) is 13.1. The van der Waals surface area contributed by atoms with Gasteiger partial charge in [-0.3, -0.25) is 4.57 Å². The van der Waals surface area contributed by atoms with Gasteiger partial charge in [0.2, 0.25) is 0 Å². The van der Waals surface area contributed by atoms with Crippen molar-refractivity contribution in [1.29, 1.82) is 0 Å². The molecule has 0 atom stereocenters. The maximum absolute atomic E-state index is 8.95. The summed E-state index contributed by atoms with van der Waals surface area (Å²) in [6.07, 6.45) is -0.510. The third kappa shape index (κ3) is 5.46. The Morgan fingerprint density at radius 2 is 1.24 bits per heavy atom. The van der Waals surface area contributed by atoms with E-state index in [0.717, 1.165) is 55.8 Å². The summed E-state index contributed by atoms with van der Waals surface area (Å²) in [5.74, 6) is 1.09. The highest BCUT2D eigenvalue weighted by Gasteiger charge is 2.31. The molecule has 0 aliphatic carbocycles. The van der Waals surface area contributed by atoms with Crippen LogP contribution in [0, 0.1) is 6.85 Å². The molecule has 1 aliphatic rings. The molecule has 2 aromatic heterocycles. The molecule has 54 heavy (non-hydrogen) atoms. The normalized spacial score (nSPS) is 14.2. The molecule has 0 radical (unpaired) electrons. The van der Waals surface area contributed by atoms with Gasteiger partial charge in [0.1, 0.15) is 24.0 Å². The molecule has 5 heteroatoms. The lowest BCUT2D eigenvalue weighted by molar-refractivity contribution is 0.483. The number of fused-ring (bicyclic) bond motifs is 4. The molecule has 5 nitrogen and oxygen atoms in total. The van der Waals surface area contributed by atoms with Crippen LogP contribution in [0.4, 0.5) is 22.7 Å². The first kappa shape index (κ1) is 25.8. The van der Waals surface area contributed by atoms with Crippen LogP contribution < -0.4 is 14.5 Å². The van der Waals surface area contributed by atoms with Gasteiger partial charge in [0.05, 0.1) is 32.2 Å². The van der Waals surface area contributed by atoms with E-state index >= 15 is 0 Å². The summed E-state index contributed by atoms with van der Waals surface area (Å²) in [4.78, 5) is 8.99. The Kier molecular flexibility index (Phi) is 6.27. The van der Waals surface area contributed by atoms with Gasteiger partial charge in [0.15, 0.2) is 0 Å². The SMILES string of the molecule is [2H]c1nc(-n2c3ccccc3c3ccc(Oc4cccc(N5CN(c6c(-c7ccccc7)cccc6-c6ccccc6)c6ccccc65)c4)cc32)c([2H])c(C([2H])([2H])[2H])c1[2H]. The van der Waals surface area contributed by atoms with Crippen LogP contribution in [0.15, 0.2) is 188 Å². The first-order valence-corrected chi connectivity index (χ1v) is 17.8. The molecule has 0 saturated carbocycles. The fourth-order valence-electron chi connectivity index (χ4n) is 7.67. The minimum atomic E-state index is -2.78. The van der Waals surface area contributed by atoms with Gasteiger partial charge in [-0.15, -0.1) is 0 Å². The number of rotatable bonds is 7.